The summed E-state index contributed by atoms with van der Waals surface area (Å²) in [5, 5.41) is 17.7. The van der Waals surface area contributed by atoms with Gasteiger partial charge in [0.1, 0.15) is 21.8 Å². The van der Waals surface area contributed by atoms with Gasteiger partial charge in [-0.15, -0.1) is 11.3 Å². The molecule has 11 nitrogen and oxygen atoms in total. The number of hydrogen-bond acceptors (Lipinski definition) is 9. The van der Waals surface area contributed by atoms with E-state index >= 15 is 0 Å². The Bertz CT molecular complexity index is 1600. The van der Waals surface area contributed by atoms with E-state index in [-0.39, 0.29) is 35.6 Å². The fourth-order valence-corrected chi connectivity index (χ4v) is 4.80. The number of nitrogens with one attached hydrogen (secondary N) is 3. The Morgan fingerprint density at radius 3 is 2.12 bits per heavy atom. The molecule has 0 radical (unpaired) electrons. The number of aromatic nitrogens is 1. The molecule has 3 N–H and O–H groups in total. The standard InChI is InChI=1S/C29H31N5O6S/c1-4-34-26(36)24(41-27(34)23(16-30)28(37)40-6-3)17-31-21-11-7-19(8-12-21)15-20-9-13-22(14-10-20)33-29(38)32-18-25(35)39-5-2/h7-14,17,31H,4-6,15,18H2,1-3H3,(H2,32,33,38)/b24-17-,27-23-. The van der Waals surface area contributed by atoms with E-state index in [0.717, 1.165) is 28.2 Å². The van der Waals surface area contributed by atoms with Crippen molar-refractivity contribution < 1.29 is 23.9 Å². The van der Waals surface area contributed by atoms with E-state index in [0.29, 0.717) is 23.2 Å². The highest BCUT2D eigenvalue weighted by Crippen LogP contribution is 2.16. The molecule has 214 valence electrons. The van der Waals surface area contributed by atoms with Gasteiger partial charge in [-0.1, -0.05) is 24.3 Å². The molecule has 2 amide bonds. The Labute approximate surface area is 240 Å². The summed E-state index contributed by atoms with van der Waals surface area (Å²) in [6, 6.07) is 16.4. The van der Waals surface area contributed by atoms with Gasteiger partial charge in [0.25, 0.3) is 5.56 Å². The molecule has 0 fully saturated rings. The van der Waals surface area contributed by atoms with E-state index in [2.05, 4.69) is 16.0 Å². The molecule has 0 saturated carbocycles. The summed E-state index contributed by atoms with van der Waals surface area (Å²) >= 11 is 1.05. The lowest BCUT2D eigenvalue weighted by atomic mass is 10.0. The molecule has 0 aliphatic rings. The highest BCUT2D eigenvalue weighted by atomic mass is 32.1. The van der Waals surface area contributed by atoms with Crippen LogP contribution in [0.5, 0.6) is 0 Å². The monoisotopic (exact) mass is 577 g/mol. The summed E-state index contributed by atoms with van der Waals surface area (Å²) < 4.78 is 11.7. The topological polar surface area (TPSA) is 152 Å². The number of thiazole rings is 1. The summed E-state index contributed by atoms with van der Waals surface area (Å²) in [7, 11) is 0. The van der Waals surface area contributed by atoms with Gasteiger partial charge < -0.3 is 25.4 Å². The summed E-state index contributed by atoms with van der Waals surface area (Å²) in [6.07, 6.45) is 2.22. The zero-order chi connectivity index (χ0) is 29.8. The van der Waals surface area contributed by atoms with Gasteiger partial charge in [-0.05, 0) is 62.6 Å². The van der Waals surface area contributed by atoms with Crippen LogP contribution < -0.4 is 30.7 Å². The number of urea groups is 1. The lowest BCUT2D eigenvalue weighted by Crippen LogP contribution is -2.34. The molecule has 3 aromatic rings. The third-order valence-corrected chi connectivity index (χ3v) is 6.80. The second kappa shape index (κ2) is 15.0. The molecule has 12 heteroatoms. The van der Waals surface area contributed by atoms with E-state index < -0.39 is 18.0 Å². The number of benzene rings is 2. The summed E-state index contributed by atoms with van der Waals surface area (Å²) in [5.41, 5.74) is 2.94. The van der Waals surface area contributed by atoms with E-state index in [1.165, 1.54) is 4.57 Å². The van der Waals surface area contributed by atoms with Crippen molar-refractivity contribution in [2.75, 3.05) is 30.4 Å². The number of carbonyl (C=O) groups is 3. The number of esters is 2. The molecule has 0 bridgehead atoms. The van der Waals surface area contributed by atoms with Crippen LogP contribution in [0.1, 0.15) is 31.9 Å². The molecule has 3 rings (SSSR count). The average Bonchev–Trinajstić information content (AvgIpc) is 3.27. The molecular weight excluding hydrogens is 546 g/mol. The fraction of sp³-hybridized carbons (Fsp3) is 0.276. The van der Waals surface area contributed by atoms with E-state index in [9.17, 15) is 24.4 Å². The van der Waals surface area contributed by atoms with Crippen LogP contribution >= 0.6 is 11.3 Å². The normalized spacial score (nSPS) is 11.7. The van der Waals surface area contributed by atoms with Crippen molar-refractivity contribution in [3.8, 4) is 6.07 Å². The van der Waals surface area contributed by atoms with Crippen LogP contribution in [0.25, 0.3) is 11.8 Å². The Kier molecular flexibility index (Phi) is 11.2. The van der Waals surface area contributed by atoms with Gasteiger partial charge in [-0.2, -0.15) is 5.26 Å². The minimum absolute atomic E-state index is 0.128. The third-order valence-electron chi connectivity index (χ3n) is 5.67. The molecule has 1 heterocycles. The summed E-state index contributed by atoms with van der Waals surface area (Å²) in [6.45, 7) is 5.59. The number of anilines is 2. The summed E-state index contributed by atoms with van der Waals surface area (Å²) in [4.78, 5) is 48.3. The molecule has 0 aliphatic carbocycles. The average molecular weight is 578 g/mol. The zero-order valence-electron chi connectivity index (χ0n) is 23.0. The number of nitrogens with zero attached hydrogens (tertiary/aromatic N) is 2. The Balaban J connectivity index is 1.65. The van der Waals surface area contributed by atoms with Crippen LogP contribution in [0.4, 0.5) is 16.2 Å². The lowest BCUT2D eigenvalue weighted by Gasteiger charge is -2.09. The SMILES string of the molecule is CCOC(=O)CNC(=O)Nc1ccc(Cc2ccc(N/C=c3\s/c(=C(/C#N)C(=O)OCC)n(CC)c3=O)cc2)cc1. The van der Waals surface area contributed by atoms with Crippen molar-refractivity contribution in [3.63, 3.8) is 0 Å². The van der Waals surface area contributed by atoms with Crippen molar-refractivity contribution in [2.24, 2.45) is 0 Å². The maximum absolute atomic E-state index is 12.8. The van der Waals surface area contributed by atoms with Gasteiger partial charge in [0.15, 0.2) is 5.57 Å². The number of carbonyl (C=O) groups excluding carboxylic acids is 3. The van der Waals surface area contributed by atoms with Gasteiger partial charge in [0, 0.05) is 24.1 Å². The fourth-order valence-electron chi connectivity index (χ4n) is 3.73. The first kappa shape index (κ1) is 30.6. The molecule has 0 spiro atoms. The highest BCUT2D eigenvalue weighted by molar-refractivity contribution is 7.07. The number of nitriles is 1. The van der Waals surface area contributed by atoms with Crippen molar-refractivity contribution in [3.05, 3.63) is 79.2 Å². The lowest BCUT2D eigenvalue weighted by molar-refractivity contribution is -0.141. The van der Waals surface area contributed by atoms with Crippen molar-refractivity contribution in [1.29, 1.82) is 5.26 Å². The van der Waals surface area contributed by atoms with Gasteiger partial charge in [0.2, 0.25) is 0 Å². The number of amides is 2. The van der Waals surface area contributed by atoms with Gasteiger partial charge in [-0.25, -0.2) is 9.59 Å². The van der Waals surface area contributed by atoms with Gasteiger partial charge in [-0.3, -0.25) is 14.2 Å². The largest absolute Gasteiger partial charge is 0.465 e. The molecule has 0 unspecified atom stereocenters. The Hall–Kier alpha value is -4.89. The van der Waals surface area contributed by atoms with Crippen LogP contribution in [0.2, 0.25) is 0 Å². The third kappa shape index (κ3) is 8.55. The van der Waals surface area contributed by atoms with Crippen molar-refractivity contribution in [1.82, 2.24) is 9.88 Å². The maximum atomic E-state index is 12.8. The van der Waals surface area contributed by atoms with Crippen LogP contribution in [-0.2, 0) is 32.0 Å². The van der Waals surface area contributed by atoms with E-state index in [4.69, 9.17) is 9.47 Å². The van der Waals surface area contributed by atoms with Crippen LogP contribution in [0.3, 0.4) is 0 Å². The van der Waals surface area contributed by atoms with Crippen LogP contribution in [0.15, 0.2) is 53.3 Å². The molecule has 2 aromatic carbocycles. The second-order valence-electron chi connectivity index (χ2n) is 8.50. The first-order chi connectivity index (χ1) is 19.8. The van der Waals surface area contributed by atoms with Gasteiger partial charge in [0.05, 0.1) is 13.2 Å². The minimum Gasteiger partial charge on any atom is -0.465 e. The summed E-state index contributed by atoms with van der Waals surface area (Å²) in [5.74, 6) is -1.26. The van der Waals surface area contributed by atoms with E-state index in [1.54, 1.807) is 39.1 Å². The first-order valence-corrected chi connectivity index (χ1v) is 13.8. The first-order valence-electron chi connectivity index (χ1n) is 13.0. The Morgan fingerprint density at radius 1 is 0.951 bits per heavy atom. The molecule has 1 aromatic heterocycles. The molecule has 41 heavy (non-hydrogen) atoms. The predicted molar refractivity (Wildman–Crippen MR) is 157 cm³/mol. The van der Waals surface area contributed by atoms with Crippen molar-refractivity contribution in [2.45, 2.75) is 33.7 Å². The molecular formula is C29H31N5O6S. The zero-order valence-corrected chi connectivity index (χ0v) is 23.8. The minimum atomic E-state index is -0.754. The van der Waals surface area contributed by atoms with Crippen molar-refractivity contribution >= 4 is 52.5 Å². The quantitative estimate of drug-likeness (QED) is 0.294. The number of hydrogen-bond donors (Lipinski definition) is 3. The van der Waals surface area contributed by atoms with Crippen LogP contribution in [-0.4, -0.2) is 42.3 Å². The second-order valence-corrected chi connectivity index (χ2v) is 9.53. The maximum Gasteiger partial charge on any atom is 0.351 e. The van der Waals surface area contributed by atoms with E-state index in [1.807, 2.05) is 42.5 Å². The Morgan fingerprint density at radius 2 is 1.56 bits per heavy atom. The predicted octanol–water partition coefficient (Wildman–Crippen LogP) is 2.29. The number of rotatable bonds is 11. The molecule has 0 aliphatic heterocycles. The molecule has 0 saturated heterocycles. The van der Waals surface area contributed by atoms with Crippen LogP contribution in [0, 0.1) is 11.3 Å². The van der Waals surface area contributed by atoms with Gasteiger partial charge >= 0.3 is 18.0 Å². The number of ether oxygens (including phenoxy) is 2. The highest BCUT2D eigenvalue weighted by Gasteiger charge is 2.16. The molecule has 0 atom stereocenters. The smallest absolute Gasteiger partial charge is 0.351 e.